The molecule has 104 valence electrons. The highest BCUT2D eigenvalue weighted by Gasteiger charge is 2.22. The van der Waals surface area contributed by atoms with Gasteiger partial charge in [0.05, 0.1) is 6.61 Å². The highest BCUT2D eigenvalue weighted by atomic mass is 16.5. The quantitative estimate of drug-likeness (QED) is 0.656. The van der Waals surface area contributed by atoms with Crippen LogP contribution in [0.15, 0.2) is 0 Å². The number of carbonyl (C=O) groups is 2. The molecule has 0 saturated heterocycles. The monoisotopic (exact) mass is 258 g/mol. The predicted octanol–water partition coefficient (Wildman–Crippen LogP) is 0.871. The van der Waals surface area contributed by atoms with Gasteiger partial charge >= 0.3 is 12.0 Å². The Morgan fingerprint density at radius 3 is 2.56 bits per heavy atom. The first-order chi connectivity index (χ1) is 8.54. The number of carboxylic acids is 1. The summed E-state index contributed by atoms with van der Waals surface area (Å²) in [5, 5.41) is 8.69. The van der Waals surface area contributed by atoms with Crippen LogP contribution in [-0.4, -0.2) is 66.8 Å². The summed E-state index contributed by atoms with van der Waals surface area (Å²) in [5.74, 6) is -0.284. The Balaban J connectivity index is 2.21. The summed E-state index contributed by atoms with van der Waals surface area (Å²) in [4.78, 5) is 25.3. The van der Waals surface area contributed by atoms with Crippen LogP contribution in [-0.2, 0) is 9.53 Å². The zero-order valence-corrected chi connectivity index (χ0v) is 11.1. The van der Waals surface area contributed by atoms with Crippen molar-refractivity contribution in [2.75, 3.05) is 39.9 Å². The van der Waals surface area contributed by atoms with Crippen LogP contribution in [0, 0.1) is 5.92 Å². The van der Waals surface area contributed by atoms with Gasteiger partial charge in [0.25, 0.3) is 0 Å². The second-order valence-electron chi connectivity index (χ2n) is 4.63. The van der Waals surface area contributed by atoms with Crippen LogP contribution < -0.4 is 0 Å². The lowest BCUT2D eigenvalue weighted by atomic mass is 10.4. The summed E-state index contributed by atoms with van der Waals surface area (Å²) in [7, 11) is 1.66. The molecule has 6 heteroatoms. The fourth-order valence-corrected chi connectivity index (χ4v) is 1.55. The first-order valence-corrected chi connectivity index (χ1v) is 6.34. The predicted molar refractivity (Wildman–Crippen MR) is 66.5 cm³/mol. The molecule has 0 aromatic heterocycles. The molecule has 0 spiro atoms. The Bertz CT molecular complexity index is 292. The fraction of sp³-hybridized carbons (Fsp3) is 0.833. The Hall–Kier alpha value is -1.30. The zero-order chi connectivity index (χ0) is 13.5. The lowest BCUT2D eigenvalue weighted by molar-refractivity contribution is -0.137. The summed E-state index contributed by atoms with van der Waals surface area (Å²) in [6.45, 7) is 3.65. The first-order valence-electron chi connectivity index (χ1n) is 6.34. The average molecular weight is 258 g/mol. The van der Waals surface area contributed by atoms with Crippen molar-refractivity contribution in [3.63, 3.8) is 0 Å². The molecule has 0 aromatic rings. The number of hydrogen-bond acceptors (Lipinski definition) is 3. The molecule has 1 aliphatic rings. The Labute approximate surface area is 107 Å². The Morgan fingerprint density at radius 1 is 1.39 bits per heavy atom. The maximum Gasteiger partial charge on any atom is 0.323 e. The van der Waals surface area contributed by atoms with Crippen molar-refractivity contribution < 1.29 is 19.4 Å². The number of carbonyl (C=O) groups excluding carboxylic acids is 1. The van der Waals surface area contributed by atoms with E-state index < -0.39 is 5.97 Å². The minimum atomic E-state index is -0.997. The molecule has 0 aromatic carbocycles. The van der Waals surface area contributed by atoms with Crippen LogP contribution in [0.25, 0.3) is 0 Å². The van der Waals surface area contributed by atoms with Gasteiger partial charge in [-0.3, -0.25) is 4.79 Å². The summed E-state index contributed by atoms with van der Waals surface area (Å²) in [6.07, 6.45) is 2.49. The van der Waals surface area contributed by atoms with Crippen molar-refractivity contribution in [1.82, 2.24) is 9.80 Å². The third-order valence-electron chi connectivity index (χ3n) is 2.93. The van der Waals surface area contributed by atoms with E-state index >= 15 is 0 Å². The highest BCUT2D eigenvalue weighted by Crippen LogP contribution is 2.28. The maximum absolute atomic E-state index is 11.9. The topological polar surface area (TPSA) is 70.1 Å². The van der Waals surface area contributed by atoms with Crippen molar-refractivity contribution in [1.29, 1.82) is 0 Å². The van der Waals surface area contributed by atoms with Crippen LogP contribution in [0.5, 0.6) is 0 Å². The van der Waals surface area contributed by atoms with Crippen molar-refractivity contribution >= 4 is 12.0 Å². The van der Waals surface area contributed by atoms with Crippen LogP contribution in [0.4, 0.5) is 4.79 Å². The van der Waals surface area contributed by atoms with Crippen LogP contribution in [0.3, 0.4) is 0 Å². The molecule has 0 atom stereocenters. The molecule has 0 aliphatic heterocycles. The van der Waals surface area contributed by atoms with E-state index in [1.807, 2.05) is 0 Å². The highest BCUT2D eigenvalue weighted by molar-refractivity contribution is 5.79. The van der Waals surface area contributed by atoms with E-state index in [0.717, 1.165) is 6.61 Å². The lowest BCUT2D eigenvalue weighted by Crippen LogP contribution is -2.44. The van der Waals surface area contributed by atoms with Gasteiger partial charge in [0.1, 0.15) is 6.54 Å². The van der Waals surface area contributed by atoms with Gasteiger partial charge < -0.3 is 19.6 Å². The molecule has 18 heavy (non-hydrogen) atoms. The molecular formula is C12H22N2O4. The summed E-state index contributed by atoms with van der Waals surface area (Å²) >= 11 is 0. The number of hydrogen-bond donors (Lipinski definition) is 1. The molecule has 0 unspecified atom stereocenters. The van der Waals surface area contributed by atoms with E-state index in [2.05, 4.69) is 0 Å². The fourth-order valence-electron chi connectivity index (χ4n) is 1.55. The maximum atomic E-state index is 11.9. The Kier molecular flexibility index (Phi) is 5.91. The minimum absolute atomic E-state index is 0.261. The number of aliphatic carboxylic acids is 1. The molecule has 0 radical (unpaired) electrons. The van der Waals surface area contributed by atoms with Gasteiger partial charge in [0.15, 0.2) is 0 Å². The van der Waals surface area contributed by atoms with E-state index in [4.69, 9.17) is 9.84 Å². The van der Waals surface area contributed by atoms with Gasteiger partial charge in [0, 0.05) is 26.7 Å². The zero-order valence-electron chi connectivity index (χ0n) is 11.1. The number of amides is 2. The van der Waals surface area contributed by atoms with Crippen molar-refractivity contribution in [3.8, 4) is 0 Å². The molecular weight excluding hydrogens is 236 g/mol. The third-order valence-corrected chi connectivity index (χ3v) is 2.93. The summed E-state index contributed by atoms with van der Waals surface area (Å²) in [6, 6.07) is -0.269. The number of nitrogens with zero attached hydrogens (tertiary/aromatic N) is 2. The minimum Gasteiger partial charge on any atom is -0.480 e. The average Bonchev–Trinajstić information content (AvgIpc) is 3.14. The molecule has 0 bridgehead atoms. The van der Waals surface area contributed by atoms with Crippen molar-refractivity contribution in [3.05, 3.63) is 0 Å². The molecule has 6 nitrogen and oxygen atoms in total. The molecule has 0 heterocycles. The number of likely N-dealkylation sites (N-methyl/N-ethyl adjacent to an activating group) is 2. The van der Waals surface area contributed by atoms with Gasteiger partial charge in [-0.15, -0.1) is 0 Å². The summed E-state index contributed by atoms with van der Waals surface area (Å²) in [5.41, 5.74) is 0. The SMILES string of the molecule is CCN(CC(=O)O)C(=O)N(C)CCOCC1CC1. The van der Waals surface area contributed by atoms with Crippen molar-refractivity contribution in [2.45, 2.75) is 19.8 Å². The molecule has 1 fully saturated rings. The summed E-state index contributed by atoms with van der Waals surface area (Å²) < 4.78 is 5.44. The molecule has 2 amide bonds. The number of carboxylic acid groups (broad SMARTS) is 1. The number of ether oxygens (including phenoxy) is 1. The van der Waals surface area contributed by atoms with E-state index in [1.165, 1.54) is 22.6 Å². The molecule has 1 rings (SSSR count). The number of urea groups is 1. The molecule has 1 saturated carbocycles. The second kappa shape index (κ2) is 7.20. The van der Waals surface area contributed by atoms with E-state index in [0.29, 0.717) is 25.6 Å². The van der Waals surface area contributed by atoms with Gasteiger partial charge in [-0.1, -0.05) is 0 Å². The normalized spacial score (nSPS) is 14.3. The molecule has 1 aliphatic carbocycles. The van der Waals surface area contributed by atoms with E-state index in [1.54, 1.807) is 14.0 Å². The van der Waals surface area contributed by atoms with Crippen LogP contribution >= 0.6 is 0 Å². The smallest absolute Gasteiger partial charge is 0.323 e. The van der Waals surface area contributed by atoms with E-state index in [9.17, 15) is 9.59 Å². The van der Waals surface area contributed by atoms with Crippen molar-refractivity contribution in [2.24, 2.45) is 5.92 Å². The number of rotatable bonds is 8. The molecule has 1 N–H and O–H groups in total. The second-order valence-corrected chi connectivity index (χ2v) is 4.63. The first kappa shape index (κ1) is 14.8. The van der Waals surface area contributed by atoms with Crippen LogP contribution in [0.1, 0.15) is 19.8 Å². The van der Waals surface area contributed by atoms with Gasteiger partial charge in [0.2, 0.25) is 0 Å². The standard InChI is InChI=1S/C12H22N2O4/c1-3-14(8-11(15)16)12(17)13(2)6-7-18-9-10-4-5-10/h10H,3-9H2,1-2H3,(H,15,16). The van der Waals surface area contributed by atoms with Gasteiger partial charge in [-0.2, -0.15) is 0 Å². The Morgan fingerprint density at radius 2 is 2.06 bits per heavy atom. The van der Waals surface area contributed by atoms with E-state index in [-0.39, 0.29) is 12.6 Å². The van der Waals surface area contributed by atoms with Gasteiger partial charge in [-0.25, -0.2) is 4.79 Å². The van der Waals surface area contributed by atoms with Gasteiger partial charge in [-0.05, 0) is 25.7 Å². The lowest BCUT2D eigenvalue weighted by Gasteiger charge is -2.25. The van der Waals surface area contributed by atoms with Crippen LogP contribution in [0.2, 0.25) is 0 Å². The third kappa shape index (κ3) is 5.35. The largest absolute Gasteiger partial charge is 0.480 e.